The van der Waals surface area contributed by atoms with Gasteiger partial charge in [-0.3, -0.25) is 14.4 Å². The highest BCUT2D eigenvalue weighted by Crippen LogP contribution is 2.52. The number of ketones is 3. The number of phenolic OH excluding ortho intramolecular Hbond substituents is 2. The highest BCUT2D eigenvalue weighted by Gasteiger charge is 2.50. The number of rotatable bonds is 6. The Hall–Kier alpha value is -3.57. The van der Waals surface area contributed by atoms with Crippen LogP contribution in [0, 0.1) is 11.8 Å². The lowest BCUT2D eigenvalue weighted by molar-refractivity contribution is -0.152. The second-order valence-electron chi connectivity index (χ2n) is 11.0. The van der Waals surface area contributed by atoms with Crippen molar-refractivity contribution in [3.8, 4) is 17.2 Å². The molecule has 0 bridgehead atoms. The second kappa shape index (κ2) is 10.1. The van der Waals surface area contributed by atoms with E-state index in [0.29, 0.717) is 12.8 Å². The lowest BCUT2D eigenvalue weighted by Gasteiger charge is -2.42. The van der Waals surface area contributed by atoms with E-state index in [-0.39, 0.29) is 46.3 Å². The van der Waals surface area contributed by atoms with E-state index < -0.39 is 76.9 Å². The van der Waals surface area contributed by atoms with Crippen LogP contribution in [-0.4, -0.2) is 74.4 Å². The van der Waals surface area contributed by atoms with Crippen LogP contribution < -0.4 is 4.74 Å². The minimum absolute atomic E-state index is 0.0138. The number of fused-ring (bicyclic) bond motifs is 3. The maximum Gasteiger partial charge on any atom is 0.202 e. The molecule has 1 fully saturated rings. The van der Waals surface area contributed by atoms with Gasteiger partial charge in [-0.25, -0.2) is 0 Å². The molecule has 1 saturated carbocycles. The number of carbonyl (C=O) groups excluding carboxylic acids is 3. The number of aliphatic hydroxyl groups is 3. The maximum atomic E-state index is 13.7. The average molecular weight is 553 g/mol. The van der Waals surface area contributed by atoms with Crippen molar-refractivity contribution in [3.63, 3.8) is 0 Å². The molecule has 2 aromatic carbocycles. The number of carbonyl (C=O) groups is 3. The first-order valence-corrected chi connectivity index (χ1v) is 13.2. The zero-order chi connectivity index (χ0) is 29.1. The Kier molecular flexibility index (Phi) is 7.08. The van der Waals surface area contributed by atoms with E-state index >= 15 is 0 Å². The summed E-state index contributed by atoms with van der Waals surface area (Å²) in [7, 11) is 1.34. The summed E-state index contributed by atoms with van der Waals surface area (Å²) in [5, 5.41) is 54.4. The molecule has 0 saturated heterocycles. The average Bonchev–Trinajstić information content (AvgIpc) is 2.94. The summed E-state index contributed by atoms with van der Waals surface area (Å²) in [6.45, 7) is 4.66. The smallest absolute Gasteiger partial charge is 0.202 e. The Morgan fingerprint density at radius 3 is 2.48 bits per heavy atom. The fraction of sp³-hybridized carbons (Fsp3) is 0.433. The molecule has 6 atom stereocenters. The van der Waals surface area contributed by atoms with Gasteiger partial charge in [-0.05, 0) is 24.8 Å². The number of aromatic hydroxyl groups is 2. The van der Waals surface area contributed by atoms with E-state index in [1.807, 2.05) is 6.92 Å². The van der Waals surface area contributed by atoms with Gasteiger partial charge in [0.2, 0.25) is 5.78 Å². The van der Waals surface area contributed by atoms with Crippen LogP contribution in [0.5, 0.6) is 17.2 Å². The number of benzene rings is 2. The summed E-state index contributed by atoms with van der Waals surface area (Å²) < 4.78 is 11.6. The quantitative estimate of drug-likeness (QED) is 0.225. The summed E-state index contributed by atoms with van der Waals surface area (Å²) in [5.74, 6) is -3.96. The van der Waals surface area contributed by atoms with Gasteiger partial charge in [0, 0.05) is 35.4 Å². The highest BCUT2D eigenvalue weighted by atomic mass is 16.5. The summed E-state index contributed by atoms with van der Waals surface area (Å²) >= 11 is 0. The van der Waals surface area contributed by atoms with Crippen LogP contribution in [0.25, 0.3) is 0 Å². The van der Waals surface area contributed by atoms with Crippen molar-refractivity contribution in [2.45, 2.75) is 56.5 Å². The Morgan fingerprint density at radius 1 is 1.12 bits per heavy atom. The third kappa shape index (κ3) is 4.14. The van der Waals surface area contributed by atoms with Gasteiger partial charge in [0.1, 0.15) is 29.5 Å². The molecule has 0 aromatic heterocycles. The first-order valence-electron chi connectivity index (χ1n) is 13.2. The minimum Gasteiger partial charge on any atom is -0.507 e. The fourth-order valence-electron chi connectivity index (χ4n) is 6.49. The van der Waals surface area contributed by atoms with Crippen LogP contribution in [0.1, 0.15) is 75.3 Å². The molecule has 0 amide bonds. The molecule has 10 heteroatoms. The third-order valence-corrected chi connectivity index (χ3v) is 8.59. The Morgan fingerprint density at radius 2 is 1.82 bits per heavy atom. The molecule has 10 nitrogen and oxygen atoms in total. The van der Waals surface area contributed by atoms with Crippen LogP contribution in [0.15, 0.2) is 30.9 Å². The van der Waals surface area contributed by atoms with E-state index in [4.69, 9.17) is 9.47 Å². The molecule has 5 N–H and O–H groups in total. The van der Waals surface area contributed by atoms with Crippen molar-refractivity contribution in [2.75, 3.05) is 13.7 Å². The lowest BCUT2D eigenvalue weighted by Crippen LogP contribution is -2.48. The first kappa shape index (κ1) is 28.0. The molecule has 0 spiro atoms. The summed E-state index contributed by atoms with van der Waals surface area (Å²) in [4.78, 5) is 39.9. The van der Waals surface area contributed by atoms with Gasteiger partial charge >= 0.3 is 0 Å². The number of phenols is 2. The van der Waals surface area contributed by atoms with Gasteiger partial charge in [-0.1, -0.05) is 25.1 Å². The van der Waals surface area contributed by atoms with Crippen LogP contribution in [0.2, 0.25) is 0 Å². The lowest BCUT2D eigenvalue weighted by atomic mass is 9.71. The molecule has 3 aliphatic rings. The first-order chi connectivity index (χ1) is 19.0. The Balaban J connectivity index is 1.68. The van der Waals surface area contributed by atoms with Crippen molar-refractivity contribution in [1.82, 2.24) is 0 Å². The molecule has 0 radical (unpaired) electrons. The molecular weight excluding hydrogens is 520 g/mol. The molecule has 0 heterocycles. The maximum absolute atomic E-state index is 13.7. The topological polar surface area (TPSA) is 171 Å². The third-order valence-electron chi connectivity index (χ3n) is 8.59. The van der Waals surface area contributed by atoms with Crippen molar-refractivity contribution in [1.29, 1.82) is 0 Å². The zero-order valence-electron chi connectivity index (χ0n) is 22.2. The molecule has 0 unspecified atom stereocenters. The fourth-order valence-corrected chi connectivity index (χ4v) is 6.49. The van der Waals surface area contributed by atoms with Gasteiger partial charge in [-0.15, -0.1) is 6.58 Å². The van der Waals surface area contributed by atoms with Crippen LogP contribution >= 0.6 is 0 Å². The predicted molar refractivity (Wildman–Crippen MR) is 141 cm³/mol. The zero-order valence-corrected chi connectivity index (χ0v) is 22.2. The molecule has 5 rings (SSSR count). The number of hydrogen-bond acceptors (Lipinski definition) is 10. The van der Waals surface area contributed by atoms with Gasteiger partial charge in [-0.2, -0.15) is 0 Å². The van der Waals surface area contributed by atoms with E-state index in [9.17, 15) is 39.9 Å². The number of Topliss-reactive ketones (excluding diaryl/α,β-unsaturated/α-hetero) is 1. The van der Waals surface area contributed by atoms with Gasteiger partial charge in [0.15, 0.2) is 11.6 Å². The molecule has 40 heavy (non-hydrogen) atoms. The van der Waals surface area contributed by atoms with Crippen molar-refractivity contribution in [3.05, 3.63) is 64.2 Å². The number of methoxy groups -OCH3 is 1. The van der Waals surface area contributed by atoms with Gasteiger partial charge in [0.25, 0.3) is 0 Å². The number of aliphatic hydroxyl groups excluding tert-OH is 2. The summed E-state index contributed by atoms with van der Waals surface area (Å²) in [5.41, 5.74) is -3.24. The SMILES string of the molecule is C=C[C@H]1C[C@H](O[C@H]2C[C@](O)(C(=O)CO)Cc3c(O)c4c(c(O)c32)C(=O)c2c(OC)cccc2C4=O)C[C@@H](C)[C@H]1O. The summed E-state index contributed by atoms with van der Waals surface area (Å²) in [6.07, 6.45) is -0.800. The predicted octanol–water partition coefficient (Wildman–Crippen LogP) is 2.14. The van der Waals surface area contributed by atoms with E-state index in [0.717, 1.165) is 0 Å². The second-order valence-corrected chi connectivity index (χ2v) is 11.0. The summed E-state index contributed by atoms with van der Waals surface area (Å²) in [6, 6.07) is 4.43. The van der Waals surface area contributed by atoms with Crippen molar-refractivity contribution >= 4 is 17.3 Å². The molecule has 212 valence electrons. The monoisotopic (exact) mass is 552 g/mol. The van der Waals surface area contributed by atoms with Crippen molar-refractivity contribution < 1.29 is 49.4 Å². The number of ether oxygens (including phenoxy) is 2. The Bertz CT molecular complexity index is 1430. The van der Waals surface area contributed by atoms with Crippen LogP contribution in [0.4, 0.5) is 0 Å². The van der Waals surface area contributed by atoms with E-state index in [2.05, 4.69) is 6.58 Å². The van der Waals surface area contributed by atoms with Crippen LogP contribution in [-0.2, 0) is 16.0 Å². The van der Waals surface area contributed by atoms with E-state index in [1.165, 1.54) is 25.3 Å². The number of hydrogen-bond donors (Lipinski definition) is 5. The standard InChI is InChI=1S/C30H32O10/c1-4-14-9-15(8-13(2)25(14)33)40-19-11-30(38,20(32)12-31)10-17-22(19)29(37)24-23(27(17)35)26(34)16-6-5-7-18(39-3)21(16)28(24)36/h4-7,13-15,19,25,31,33,35,37-38H,1,8-12H2,2-3H3/t13-,14+,15-,19+,25-,30+/m1/s1. The van der Waals surface area contributed by atoms with Crippen LogP contribution in [0.3, 0.4) is 0 Å². The normalized spacial score (nSPS) is 29.3. The minimum atomic E-state index is -2.18. The Labute approximate surface area is 230 Å². The van der Waals surface area contributed by atoms with Gasteiger partial charge < -0.3 is 35.0 Å². The van der Waals surface area contributed by atoms with E-state index in [1.54, 1.807) is 6.08 Å². The van der Waals surface area contributed by atoms with Gasteiger partial charge in [0.05, 0.1) is 42.1 Å². The molecule has 0 aliphatic heterocycles. The molecule has 2 aromatic rings. The van der Waals surface area contributed by atoms with Crippen molar-refractivity contribution in [2.24, 2.45) is 11.8 Å². The highest BCUT2D eigenvalue weighted by molar-refractivity contribution is 6.31. The molecule has 3 aliphatic carbocycles. The molecular formula is C30H32O10. The largest absolute Gasteiger partial charge is 0.507 e.